The second-order valence-corrected chi connectivity index (χ2v) is 5.10. The molecule has 22 heavy (non-hydrogen) atoms. The molecule has 2 aromatic heterocycles. The molecule has 0 unspecified atom stereocenters. The molecule has 1 atom stereocenters. The van der Waals surface area contributed by atoms with Crippen LogP contribution in [-0.2, 0) is 4.74 Å². The van der Waals surface area contributed by atoms with Gasteiger partial charge in [-0.2, -0.15) is 0 Å². The highest BCUT2D eigenvalue weighted by Gasteiger charge is 2.31. The first-order chi connectivity index (χ1) is 10.5. The predicted molar refractivity (Wildman–Crippen MR) is 83.8 cm³/mol. The van der Waals surface area contributed by atoms with Gasteiger partial charge >= 0.3 is 0 Å². The number of pyridine rings is 1. The number of ether oxygens (including phenoxy) is 1. The number of likely N-dealkylation sites (N-methyl/N-ethyl adjacent to an activating group) is 1. The number of nitrogens with two attached hydrogens (primary N) is 2. The van der Waals surface area contributed by atoms with Gasteiger partial charge in [-0.05, 0) is 13.0 Å². The molecule has 0 saturated carbocycles. The van der Waals surface area contributed by atoms with Gasteiger partial charge in [-0.15, -0.1) is 0 Å². The molecule has 0 spiro atoms. The van der Waals surface area contributed by atoms with Gasteiger partial charge in [-0.3, -0.25) is 5.41 Å². The van der Waals surface area contributed by atoms with Crippen LogP contribution in [0.5, 0.6) is 0 Å². The average molecular weight is 299 g/mol. The summed E-state index contributed by atoms with van der Waals surface area (Å²) in [6.45, 7) is 2.01. The zero-order valence-corrected chi connectivity index (χ0v) is 12.4. The number of anilines is 3. The van der Waals surface area contributed by atoms with E-state index in [1.165, 1.54) is 0 Å². The number of hydrogen-bond acceptors (Lipinski definition) is 8. The summed E-state index contributed by atoms with van der Waals surface area (Å²) in [5.74, 6) is 1.72. The Labute approximate surface area is 127 Å². The number of rotatable bonds is 1. The van der Waals surface area contributed by atoms with Crippen molar-refractivity contribution in [3.63, 3.8) is 0 Å². The van der Waals surface area contributed by atoms with Crippen molar-refractivity contribution in [1.82, 2.24) is 15.0 Å². The lowest BCUT2D eigenvalue weighted by Crippen LogP contribution is -2.28. The minimum absolute atomic E-state index is 0.0377. The van der Waals surface area contributed by atoms with Gasteiger partial charge in [-0.25, -0.2) is 15.0 Å². The SMILES string of the molecule is Cc1nc(N)c2c(n1)N(C)[C@H](c1cccnc1N)COC2=N. The Morgan fingerprint density at radius 2 is 2.09 bits per heavy atom. The topological polar surface area (TPSA) is 127 Å². The van der Waals surface area contributed by atoms with Crippen molar-refractivity contribution in [2.24, 2.45) is 0 Å². The van der Waals surface area contributed by atoms with Crippen molar-refractivity contribution < 1.29 is 4.74 Å². The van der Waals surface area contributed by atoms with Crippen molar-refractivity contribution in [3.8, 4) is 0 Å². The Kier molecular flexibility index (Phi) is 3.28. The molecule has 8 nitrogen and oxygen atoms in total. The number of nitrogens with zero attached hydrogens (tertiary/aromatic N) is 4. The summed E-state index contributed by atoms with van der Waals surface area (Å²) in [5, 5.41) is 8.06. The number of aryl methyl sites for hydroxylation is 1. The largest absolute Gasteiger partial charge is 0.475 e. The van der Waals surface area contributed by atoms with Crippen LogP contribution in [0.25, 0.3) is 0 Å². The average Bonchev–Trinajstić information content (AvgIpc) is 2.58. The first-order valence-corrected chi connectivity index (χ1v) is 6.78. The standard InChI is InChI=1S/C14H17N7O/c1-7-19-12(16)10-13(17)22-6-9(21(2)14(10)20-7)8-4-3-5-18-11(8)15/h3-5,9,17H,6H2,1-2H3,(H2,15,18)(H2,16,19,20)/t9-/m0/s1. The van der Waals surface area contributed by atoms with Crippen LogP contribution in [0.1, 0.15) is 23.0 Å². The van der Waals surface area contributed by atoms with Gasteiger partial charge in [0.05, 0.1) is 6.04 Å². The monoisotopic (exact) mass is 299 g/mol. The predicted octanol–water partition coefficient (Wildman–Crippen LogP) is 0.877. The van der Waals surface area contributed by atoms with Crippen molar-refractivity contribution in [1.29, 1.82) is 5.41 Å². The normalized spacial score (nSPS) is 17.6. The van der Waals surface area contributed by atoms with Crippen LogP contribution in [0.2, 0.25) is 0 Å². The minimum atomic E-state index is -0.219. The van der Waals surface area contributed by atoms with Crippen LogP contribution >= 0.6 is 0 Å². The van der Waals surface area contributed by atoms with Gasteiger partial charge < -0.3 is 21.1 Å². The highest BCUT2D eigenvalue weighted by Crippen LogP contribution is 2.34. The molecule has 3 rings (SSSR count). The molecule has 114 valence electrons. The van der Waals surface area contributed by atoms with Crippen LogP contribution in [0, 0.1) is 12.3 Å². The molecule has 2 aromatic rings. The molecule has 0 aliphatic carbocycles. The third-order valence-electron chi connectivity index (χ3n) is 3.67. The maximum absolute atomic E-state index is 8.06. The molecular weight excluding hydrogens is 282 g/mol. The summed E-state index contributed by atoms with van der Waals surface area (Å²) in [5.41, 5.74) is 13.1. The molecule has 5 N–H and O–H groups in total. The lowest BCUT2D eigenvalue weighted by molar-refractivity contribution is 0.278. The fraction of sp³-hybridized carbons (Fsp3) is 0.286. The number of aromatic nitrogens is 3. The third kappa shape index (κ3) is 2.18. The van der Waals surface area contributed by atoms with Crippen molar-refractivity contribution in [2.75, 3.05) is 30.0 Å². The van der Waals surface area contributed by atoms with E-state index in [9.17, 15) is 0 Å². The van der Waals surface area contributed by atoms with Crippen LogP contribution < -0.4 is 16.4 Å². The quantitative estimate of drug-likeness (QED) is 0.713. The maximum atomic E-state index is 8.06. The number of nitrogen functional groups attached to an aromatic ring is 2. The fourth-order valence-corrected chi connectivity index (χ4v) is 2.56. The Hall–Kier alpha value is -2.90. The van der Waals surface area contributed by atoms with Crippen LogP contribution in [-0.4, -0.2) is 34.5 Å². The first kappa shape index (κ1) is 14.1. The molecule has 0 bridgehead atoms. The molecule has 0 radical (unpaired) electrons. The van der Waals surface area contributed by atoms with Crippen molar-refractivity contribution in [3.05, 3.63) is 35.3 Å². The smallest absolute Gasteiger partial charge is 0.220 e. The first-order valence-electron chi connectivity index (χ1n) is 6.78. The molecule has 0 saturated heterocycles. The summed E-state index contributed by atoms with van der Waals surface area (Å²) in [7, 11) is 1.86. The van der Waals surface area contributed by atoms with E-state index in [0.717, 1.165) is 5.56 Å². The van der Waals surface area contributed by atoms with Gasteiger partial charge in [-0.1, -0.05) is 6.07 Å². The maximum Gasteiger partial charge on any atom is 0.220 e. The third-order valence-corrected chi connectivity index (χ3v) is 3.67. The van der Waals surface area contributed by atoms with Crippen LogP contribution in [0.4, 0.5) is 17.5 Å². The Morgan fingerprint density at radius 3 is 2.82 bits per heavy atom. The molecule has 0 fully saturated rings. The van der Waals surface area contributed by atoms with Crippen LogP contribution in [0.15, 0.2) is 18.3 Å². The Morgan fingerprint density at radius 1 is 1.32 bits per heavy atom. The highest BCUT2D eigenvalue weighted by molar-refractivity contribution is 6.01. The van der Waals surface area contributed by atoms with Crippen LogP contribution in [0.3, 0.4) is 0 Å². The van der Waals surface area contributed by atoms with Crippen molar-refractivity contribution in [2.45, 2.75) is 13.0 Å². The summed E-state index contributed by atoms with van der Waals surface area (Å²) in [6, 6.07) is 3.48. The van der Waals surface area contributed by atoms with Crippen molar-refractivity contribution >= 4 is 23.4 Å². The second kappa shape index (κ2) is 5.14. The van der Waals surface area contributed by atoms with Gasteiger partial charge in [0.15, 0.2) is 0 Å². The van der Waals surface area contributed by atoms with Gasteiger partial charge in [0.1, 0.15) is 35.4 Å². The summed E-state index contributed by atoms with van der Waals surface area (Å²) in [4.78, 5) is 14.5. The zero-order chi connectivity index (χ0) is 15.9. The number of nitrogens with one attached hydrogen (secondary N) is 1. The minimum Gasteiger partial charge on any atom is -0.475 e. The van der Waals surface area contributed by atoms with E-state index in [4.69, 9.17) is 21.6 Å². The van der Waals surface area contributed by atoms with E-state index >= 15 is 0 Å². The van der Waals surface area contributed by atoms with Gasteiger partial charge in [0.25, 0.3) is 0 Å². The van der Waals surface area contributed by atoms with E-state index in [1.54, 1.807) is 13.1 Å². The van der Waals surface area contributed by atoms with E-state index in [2.05, 4.69) is 15.0 Å². The summed E-state index contributed by atoms with van der Waals surface area (Å²) in [6.07, 6.45) is 1.64. The molecule has 0 amide bonds. The number of hydrogen-bond donors (Lipinski definition) is 3. The highest BCUT2D eigenvalue weighted by atomic mass is 16.5. The Bertz CT molecular complexity index is 746. The molecule has 1 aliphatic rings. The van der Waals surface area contributed by atoms with E-state index in [0.29, 0.717) is 23.0 Å². The van der Waals surface area contributed by atoms with E-state index in [1.807, 2.05) is 24.1 Å². The molecule has 1 aliphatic heterocycles. The lowest BCUT2D eigenvalue weighted by atomic mass is 10.1. The van der Waals surface area contributed by atoms with Gasteiger partial charge in [0, 0.05) is 18.8 Å². The molecule has 8 heteroatoms. The molecule has 3 heterocycles. The summed E-state index contributed by atoms with van der Waals surface area (Å²) < 4.78 is 5.54. The zero-order valence-electron chi connectivity index (χ0n) is 12.4. The van der Waals surface area contributed by atoms with E-state index < -0.39 is 0 Å². The van der Waals surface area contributed by atoms with Gasteiger partial charge in [0.2, 0.25) is 5.90 Å². The lowest BCUT2D eigenvalue weighted by Gasteiger charge is -2.27. The summed E-state index contributed by atoms with van der Waals surface area (Å²) >= 11 is 0. The molecular formula is C14H17N7O. The fourth-order valence-electron chi connectivity index (χ4n) is 2.56. The Balaban J connectivity index is 2.15. The second-order valence-electron chi connectivity index (χ2n) is 5.10. The van der Waals surface area contributed by atoms with E-state index in [-0.39, 0.29) is 24.4 Å². The molecule has 0 aromatic carbocycles. The number of fused-ring (bicyclic) bond motifs is 1.